The zero-order chi connectivity index (χ0) is 12.4. The van der Waals surface area contributed by atoms with Gasteiger partial charge in [-0.3, -0.25) is 4.99 Å². The van der Waals surface area contributed by atoms with E-state index in [9.17, 15) is 13.2 Å². The van der Waals surface area contributed by atoms with E-state index in [0.29, 0.717) is 6.54 Å². The van der Waals surface area contributed by atoms with Crippen LogP contribution in [0.2, 0.25) is 0 Å². The molecule has 7 heteroatoms. The maximum atomic E-state index is 11.8. The van der Waals surface area contributed by atoms with Gasteiger partial charge in [-0.15, -0.1) is 24.0 Å². The van der Waals surface area contributed by atoms with Crippen molar-refractivity contribution >= 4 is 29.9 Å². The van der Waals surface area contributed by atoms with Crippen molar-refractivity contribution in [2.24, 2.45) is 10.7 Å². The average molecular weight is 367 g/mol. The summed E-state index contributed by atoms with van der Waals surface area (Å²) in [6, 6.07) is 0. The van der Waals surface area contributed by atoms with Gasteiger partial charge in [0.1, 0.15) is 0 Å². The number of alkyl halides is 3. The maximum Gasteiger partial charge on any atom is 0.390 e. The molecule has 0 aromatic carbocycles. The van der Waals surface area contributed by atoms with E-state index in [4.69, 9.17) is 5.73 Å². The Kier molecular flexibility index (Phi) is 12.3. The number of halogens is 4. The molecule has 0 unspecified atom stereocenters. The third-order valence-corrected chi connectivity index (χ3v) is 2.01. The van der Waals surface area contributed by atoms with Gasteiger partial charge >= 0.3 is 6.18 Å². The standard InChI is InChI=1S/C10H20F3N3.HI/c1-2-3-4-5-7-15-9(14)16-8-6-10(11,12)13;/h2-8H2,1H3,(H3,14,15,16);1H. The van der Waals surface area contributed by atoms with E-state index in [-0.39, 0.29) is 36.5 Å². The highest BCUT2D eigenvalue weighted by atomic mass is 127. The number of hydrogen-bond acceptors (Lipinski definition) is 1. The molecule has 17 heavy (non-hydrogen) atoms. The summed E-state index contributed by atoms with van der Waals surface area (Å²) in [6.45, 7) is 2.47. The van der Waals surface area contributed by atoms with Crippen molar-refractivity contribution in [2.75, 3.05) is 13.1 Å². The Morgan fingerprint density at radius 1 is 1.24 bits per heavy atom. The van der Waals surface area contributed by atoms with Crippen LogP contribution >= 0.6 is 24.0 Å². The minimum atomic E-state index is -4.14. The Morgan fingerprint density at radius 3 is 2.41 bits per heavy atom. The number of aliphatic imine (C=N–C) groups is 1. The zero-order valence-electron chi connectivity index (χ0n) is 10.0. The normalized spacial score (nSPS) is 12.1. The number of nitrogens with one attached hydrogen (secondary N) is 1. The van der Waals surface area contributed by atoms with Crippen LogP contribution < -0.4 is 11.1 Å². The smallest absolute Gasteiger partial charge is 0.370 e. The third kappa shape index (κ3) is 15.8. The first-order valence-electron chi connectivity index (χ1n) is 5.56. The molecule has 0 bridgehead atoms. The second kappa shape index (κ2) is 10.9. The Labute approximate surface area is 117 Å². The highest BCUT2D eigenvalue weighted by Gasteiger charge is 2.26. The van der Waals surface area contributed by atoms with E-state index in [1.807, 2.05) is 0 Å². The van der Waals surface area contributed by atoms with Crippen LogP contribution in [-0.4, -0.2) is 25.2 Å². The van der Waals surface area contributed by atoms with Crippen molar-refractivity contribution in [1.29, 1.82) is 0 Å². The maximum absolute atomic E-state index is 11.8. The van der Waals surface area contributed by atoms with E-state index in [1.165, 1.54) is 0 Å². The predicted octanol–water partition coefficient (Wildman–Crippen LogP) is 3.04. The number of nitrogens with zero attached hydrogens (tertiary/aromatic N) is 1. The van der Waals surface area contributed by atoms with Crippen LogP contribution in [0.3, 0.4) is 0 Å². The van der Waals surface area contributed by atoms with Crippen LogP contribution in [-0.2, 0) is 0 Å². The van der Waals surface area contributed by atoms with Crippen LogP contribution in [0, 0.1) is 0 Å². The predicted molar refractivity (Wildman–Crippen MR) is 74.7 cm³/mol. The van der Waals surface area contributed by atoms with E-state index in [1.54, 1.807) is 0 Å². The zero-order valence-corrected chi connectivity index (χ0v) is 12.3. The molecule has 0 atom stereocenters. The Balaban J connectivity index is 0. The van der Waals surface area contributed by atoms with Gasteiger partial charge in [0.15, 0.2) is 5.96 Å². The Hall–Kier alpha value is -0.210. The molecule has 0 rings (SSSR count). The minimum absolute atomic E-state index is 0. The van der Waals surface area contributed by atoms with Crippen LogP contribution in [0.1, 0.15) is 39.0 Å². The summed E-state index contributed by atoms with van der Waals surface area (Å²) in [4.78, 5) is 3.93. The van der Waals surface area contributed by atoms with Gasteiger partial charge in [-0.2, -0.15) is 13.2 Å². The quantitative estimate of drug-likeness (QED) is 0.315. The van der Waals surface area contributed by atoms with Crippen molar-refractivity contribution < 1.29 is 13.2 Å². The van der Waals surface area contributed by atoms with Gasteiger partial charge in [0, 0.05) is 13.1 Å². The Bertz CT molecular complexity index is 207. The molecule has 0 heterocycles. The van der Waals surface area contributed by atoms with Crippen LogP contribution in [0.5, 0.6) is 0 Å². The summed E-state index contributed by atoms with van der Waals surface area (Å²) in [6.07, 6.45) is -0.737. The van der Waals surface area contributed by atoms with E-state index >= 15 is 0 Å². The minimum Gasteiger partial charge on any atom is -0.370 e. The summed E-state index contributed by atoms with van der Waals surface area (Å²) in [7, 11) is 0. The second-order valence-electron chi connectivity index (χ2n) is 3.62. The fourth-order valence-electron chi connectivity index (χ4n) is 1.13. The monoisotopic (exact) mass is 367 g/mol. The summed E-state index contributed by atoms with van der Waals surface area (Å²) in [5, 5.41) is 2.44. The van der Waals surface area contributed by atoms with Gasteiger partial charge in [-0.1, -0.05) is 26.2 Å². The van der Waals surface area contributed by atoms with Crippen molar-refractivity contribution in [3.63, 3.8) is 0 Å². The number of guanidine groups is 1. The second-order valence-corrected chi connectivity index (χ2v) is 3.62. The fourth-order valence-corrected chi connectivity index (χ4v) is 1.13. The summed E-state index contributed by atoms with van der Waals surface area (Å²) >= 11 is 0. The summed E-state index contributed by atoms with van der Waals surface area (Å²) < 4.78 is 35.3. The molecule has 0 aromatic rings. The van der Waals surface area contributed by atoms with Crippen LogP contribution in [0.4, 0.5) is 13.2 Å². The number of rotatable bonds is 7. The van der Waals surface area contributed by atoms with Gasteiger partial charge in [-0.25, -0.2) is 0 Å². The van der Waals surface area contributed by atoms with Gasteiger partial charge in [0.05, 0.1) is 6.42 Å². The molecule has 104 valence electrons. The van der Waals surface area contributed by atoms with Gasteiger partial charge in [-0.05, 0) is 6.42 Å². The molecule has 0 saturated heterocycles. The topological polar surface area (TPSA) is 50.4 Å². The molecule has 3 N–H and O–H groups in total. The highest BCUT2D eigenvalue weighted by Crippen LogP contribution is 2.17. The molecule has 0 saturated carbocycles. The lowest BCUT2D eigenvalue weighted by Gasteiger charge is -2.07. The first-order chi connectivity index (χ1) is 7.45. The molecule has 0 amide bonds. The lowest BCUT2D eigenvalue weighted by atomic mass is 10.2. The molecule has 0 spiro atoms. The molecular formula is C10H21F3IN3. The van der Waals surface area contributed by atoms with Crippen molar-refractivity contribution in [2.45, 2.75) is 45.2 Å². The van der Waals surface area contributed by atoms with Gasteiger partial charge in [0.2, 0.25) is 0 Å². The first-order valence-corrected chi connectivity index (χ1v) is 5.56. The lowest BCUT2D eigenvalue weighted by molar-refractivity contribution is -0.132. The Morgan fingerprint density at radius 2 is 1.88 bits per heavy atom. The number of hydrogen-bond donors (Lipinski definition) is 2. The third-order valence-electron chi connectivity index (χ3n) is 2.01. The molecule has 0 aliphatic carbocycles. The molecule has 0 aliphatic heterocycles. The average Bonchev–Trinajstić information content (AvgIpc) is 2.15. The van der Waals surface area contributed by atoms with E-state index in [0.717, 1.165) is 25.7 Å². The lowest BCUT2D eigenvalue weighted by Crippen LogP contribution is -2.34. The summed E-state index contributed by atoms with van der Waals surface area (Å²) in [5.74, 6) is 0.0979. The van der Waals surface area contributed by atoms with Crippen LogP contribution in [0.15, 0.2) is 4.99 Å². The highest BCUT2D eigenvalue weighted by molar-refractivity contribution is 14.0. The first kappa shape index (κ1) is 19.1. The van der Waals surface area contributed by atoms with Crippen molar-refractivity contribution in [3.8, 4) is 0 Å². The fraction of sp³-hybridized carbons (Fsp3) is 0.900. The van der Waals surface area contributed by atoms with Crippen molar-refractivity contribution in [1.82, 2.24) is 5.32 Å². The SMILES string of the molecule is CCCCCCN=C(N)NCCC(F)(F)F.I. The number of unbranched alkanes of at least 4 members (excludes halogenated alkanes) is 3. The molecule has 0 fully saturated rings. The summed E-state index contributed by atoms with van der Waals surface area (Å²) in [5.41, 5.74) is 5.39. The van der Waals surface area contributed by atoms with Gasteiger partial charge in [0.25, 0.3) is 0 Å². The molecule has 0 aromatic heterocycles. The van der Waals surface area contributed by atoms with Crippen LogP contribution in [0.25, 0.3) is 0 Å². The largest absolute Gasteiger partial charge is 0.390 e. The van der Waals surface area contributed by atoms with Crippen molar-refractivity contribution in [3.05, 3.63) is 0 Å². The number of nitrogens with two attached hydrogens (primary N) is 1. The molecular weight excluding hydrogens is 346 g/mol. The van der Waals surface area contributed by atoms with Gasteiger partial charge < -0.3 is 11.1 Å². The molecule has 0 aliphatic rings. The van der Waals surface area contributed by atoms with E-state index in [2.05, 4.69) is 17.2 Å². The molecule has 3 nitrogen and oxygen atoms in total. The molecule has 0 radical (unpaired) electrons. The van der Waals surface area contributed by atoms with E-state index < -0.39 is 12.6 Å².